The van der Waals surface area contributed by atoms with Crippen LogP contribution in [-0.4, -0.2) is 48.6 Å². The maximum absolute atomic E-state index is 12.0. The molecule has 0 bridgehead atoms. The van der Waals surface area contributed by atoms with Crippen molar-refractivity contribution in [3.05, 3.63) is 24.3 Å². The minimum absolute atomic E-state index is 0.0650. The number of carbonyl (C=O) groups excluding carboxylic acids is 2. The third-order valence-electron chi connectivity index (χ3n) is 3.21. The van der Waals surface area contributed by atoms with Crippen molar-refractivity contribution in [2.45, 2.75) is 18.4 Å². The topological polar surface area (TPSA) is 96.9 Å². The predicted molar refractivity (Wildman–Crippen MR) is 75.2 cm³/mol. The molecule has 1 atom stereocenters. The molecule has 132 valence electrons. The number of nitrogens with one attached hydrogen (secondary N) is 2. The van der Waals surface area contributed by atoms with E-state index in [0.717, 1.165) is 24.3 Å². The standard InChI is InChI=1S/C14H15F3N2O5/c15-14(16,17)24-10-3-1-9(2-4-10)19-12(21)11(20)18-7-13(22)5-6-23-8-13/h1-4,22H,5-8H2,(H,18,20)(H,19,21). The lowest BCUT2D eigenvalue weighted by Crippen LogP contribution is -2.46. The molecule has 1 unspecified atom stereocenters. The highest BCUT2D eigenvalue weighted by atomic mass is 19.4. The largest absolute Gasteiger partial charge is 0.573 e. The zero-order valence-electron chi connectivity index (χ0n) is 12.4. The molecule has 10 heteroatoms. The number of aliphatic hydroxyl groups is 1. The second-order valence-corrected chi connectivity index (χ2v) is 5.24. The van der Waals surface area contributed by atoms with E-state index in [1.54, 1.807) is 0 Å². The van der Waals surface area contributed by atoms with Crippen molar-refractivity contribution < 1.29 is 37.3 Å². The Morgan fingerprint density at radius 3 is 2.46 bits per heavy atom. The van der Waals surface area contributed by atoms with Crippen molar-refractivity contribution in [1.29, 1.82) is 0 Å². The first-order chi connectivity index (χ1) is 11.2. The number of hydrogen-bond donors (Lipinski definition) is 3. The molecule has 1 aromatic rings. The monoisotopic (exact) mass is 348 g/mol. The molecule has 0 saturated carbocycles. The van der Waals surface area contributed by atoms with Gasteiger partial charge in [-0.1, -0.05) is 0 Å². The molecule has 1 aliphatic heterocycles. The van der Waals surface area contributed by atoms with E-state index in [4.69, 9.17) is 4.74 Å². The molecule has 1 saturated heterocycles. The number of carbonyl (C=O) groups is 2. The van der Waals surface area contributed by atoms with Crippen molar-refractivity contribution >= 4 is 17.5 Å². The molecule has 24 heavy (non-hydrogen) atoms. The smallest absolute Gasteiger partial charge is 0.406 e. The fraction of sp³-hybridized carbons (Fsp3) is 0.429. The average Bonchev–Trinajstić information content (AvgIpc) is 2.92. The number of halogens is 3. The zero-order valence-corrected chi connectivity index (χ0v) is 12.4. The lowest BCUT2D eigenvalue weighted by molar-refractivity contribution is -0.274. The molecule has 1 aromatic carbocycles. The van der Waals surface area contributed by atoms with Crippen molar-refractivity contribution in [2.24, 2.45) is 0 Å². The summed E-state index contributed by atoms with van der Waals surface area (Å²) in [6, 6.07) is 4.31. The van der Waals surface area contributed by atoms with E-state index in [1.807, 2.05) is 0 Å². The summed E-state index contributed by atoms with van der Waals surface area (Å²) in [7, 11) is 0. The first-order valence-corrected chi connectivity index (χ1v) is 6.92. The second kappa shape index (κ2) is 7.05. The summed E-state index contributed by atoms with van der Waals surface area (Å²) in [6.45, 7) is 0.290. The molecule has 1 aliphatic rings. The van der Waals surface area contributed by atoms with Crippen LogP contribution in [0.2, 0.25) is 0 Å². The van der Waals surface area contributed by atoms with Crippen LogP contribution in [-0.2, 0) is 14.3 Å². The van der Waals surface area contributed by atoms with Gasteiger partial charge in [0.25, 0.3) is 0 Å². The molecule has 3 N–H and O–H groups in total. The van der Waals surface area contributed by atoms with E-state index >= 15 is 0 Å². The average molecular weight is 348 g/mol. The summed E-state index contributed by atoms with van der Waals surface area (Å²) in [4.78, 5) is 23.3. The summed E-state index contributed by atoms with van der Waals surface area (Å²) in [6.07, 6.45) is -4.47. The first-order valence-electron chi connectivity index (χ1n) is 6.92. The summed E-state index contributed by atoms with van der Waals surface area (Å²) < 4.78 is 44.8. The molecule has 2 amide bonds. The van der Waals surface area contributed by atoms with Crippen LogP contribution < -0.4 is 15.4 Å². The van der Waals surface area contributed by atoms with Crippen LogP contribution in [0.4, 0.5) is 18.9 Å². The number of hydrogen-bond acceptors (Lipinski definition) is 5. The van der Waals surface area contributed by atoms with Crippen LogP contribution >= 0.6 is 0 Å². The lowest BCUT2D eigenvalue weighted by Gasteiger charge is -2.20. The van der Waals surface area contributed by atoms with Crippen molar-refractivity contribution in [3.8, 4) is 5.75 Å². The molecular weight excluding hydrogens is 333 g/mol. The van der Waals surface area contributed by atoms with Crippen molar-refractivity contribution in [1.82, 2.24) is 5.32 Å². The summed E-state index contributed by atoms with van der Waals surface area (Å²) in [5, 5.41) is 14.4. The molecule has 0 spiro atoms. The maximum Gasteiger partial charge on any atom is 0.573 e. The van der Waals surface area contributed by atoms with Gasteiger partial charge in [-0.15, -0.1) is 13.2 Å². The van der Waals surface area contributed by atoms with Gasteiger partial charge < -0.3 is 25.2 Å². The molecule has 2 rings (SSSR count). The van der Waals surface area contributed by atoms with Crippen LogP contribution in [0.3, 0.4) is 0 Å². The number of amides is 2. The van der Waals surface area contributed by atoms with Gasteiger partial charge in [-0.3, -0.25) is 9.59 Å². The van der Waals surface area contributed by atoms with Crippen LogP contribution in [0, 0.1) is 0 Å². The van der Waals surface area contributed by atoms with E-state index in [1.165, 1.54) is 0 Å². The number of rotatable bonds is 4. The second-order valence-electron chi connectivity index (χ2n) is 5.24. The van der Waals surface area contributed by atoms with Crippen LogP contribution in [0.25, 0.3) is 0 Å². The number of anilines is 1. The van der Waals surface area contributed by atoms with Gasteiger partial charge in [-0.2, -0.15) is 0 Å². The van der Waals surface area contributed by atoms with E-state index < -0.39 is 29.5 Å². The molecule has 0 radical (unpaired) electrons. The molecular formula is C14H15F3N2O5. The van der Waals surface area contributed by atoms with Crippen molar-refractivity contribution in [3.63, 3.8) is 0 Å². The Hall–Kier alpha value is -2.33. The Balaban J connectivity index is 1.83. The first kappa shape index (κ1) is 18.0. The van der Waals surface area contributed by atoms with Gasteiger partial charge >= 0.3 is 18.2 Å². The SMILES string of the molecule is O=C(NCC1(O)CCOC1)C(=O)Nc1ccc(OC(F)(F)F)cc1. The van der Waals surface area contributed by atoms with Gasteiger partial charge in [-0.25, -0.2) is 0 Å². The number of ether oxygens (including phenoxy) is 2. The molecule has 0 aromatic heterocycles. The zero-order chi connectivity index (χ0) is 17.8. The predicted octanol–water partition coefficient (Wildman–Crippen LogP) is 0.791. The van der Waals surface area contributed by atoms with Gasteiger partial charge in [-0.05, 0) is 24.3 Å². The molecule has 1 heterocycles. The van der Waals surface area contributed by atoms with E-state index in [-0.39, 0.29) is 18.8 Å². The van der Waals surface area contributed by atoms with Gasteiger partial charge in [0.15, 0.2) is 0 Å². The lowest BCUT2D eigenvalue weighted by atomic mass is 10.0. The summed E-state index contributed by atoms with van der Waals surface area (Å²) in [5.41, 5.74) is -1.08. The van der Waals surface area contributed by atoms with Crippen LogP contribution in [0.1, 0.15) is 6.42 Å². The van der Waals surface area contributed by atoms with E-state index in [2.05, 4.69) is 15.4 Å². The Morgan fingerprint density at radius 1 is 1.25 bits per heavy atom. The molecule has 7 nitrogen and oxygen atoms in total. The number of alkyl halides is 3. The summed E-state index contributed by atoms with van der Waals surface area (Å²) in [5.74, 6) is -2.44. The third kappa shape index (κ3) is 5.39. The van der Waals surface area contributed by atoms with Gasteiger partial charge in [0.1, 0.15) is 11.4 Å². The summed E-state index contributed by atoms with van der Waals surface area (Å²) >= 11 is 0. The van der Waals surface area contributed by atoms with E-state index in [0.29, 0.717) is 13.0 Å². The van der Waals surface area contributed by atoms with Crippen molar-refractivity contribution in [2.75, 3.05) is 25.1 Å². The third-order valence-corrected chi connectivity index (χ3v) is 3.21. The van der Waals surface area contributed by atoms with Gasteiger partial charge in [0.2, 0.25) is 0 Å². The van der Waals surface area contributed by atoms with Crippen LogP contribution in [0.15, 0.2) is 24.3 Å². The Kier molecular flexibility index (Phi) is 5.30. The van der Waals surface area contributed by atoms with E-state index in [9.17, 15) is 27.9 Å². The van der Waals surface area contributed by atoms with Gasteiger partial charge in [0.05, 0.1) is 6.61 Å². The molecule has 0 aliphatic carbocycles. The quantitative estimate of drug-likeness (QED) is 0.699. The highest BCUT2D eigenvalue weighted by Crippen LogP contribution is 2.24. The highest BCUT2D eigenvalue weighted by Gasteiger charge is 2.33. The Morgan fingerprint density at radius 2 is 1.92 bits per heavy atom. The minimum atomic E-state index is -4.81. The molecule has 1 fully saturated rings. The Bertz CT molecular complexity index is 597. The van der Waals surface area contributed by atoms with Gasteiger partial charge in [0, 0.05) is 25.3 Å². The minimum Gasteiger partial charge on any atom is -0.406 e. The fourth-order valence-electron chi connectivity index (χ4n) is 1.99. The highest BCUT2D eigenvalue weighted by molar-refractivity contribution is 6.39. The normalized spacial score (nSPS) is 20.5. The maximum atomic E-state index is 12.0. The van der Waals surface area contributed by atoms with Crippen LogP contribution in [0.5, 0.6) is 5.75 Å². The Labute approximate surface area is 134 Å². The fourth-order valence-corrected chi connectivity index (χ4v) is 1.99. The number of benzene rings is 1.